The zero-order chi connectivity index (χ0) is 22.9. The Bertz CT molecular complexity index is 994. The van der Waals surface area contributed by atoms with Gasteiger partial charge < -0.3 is 25.2 Å². The van der Waals surface area contributed by atoms with Gasteiger partial charge in [0.15, 0.2) is 5.76 Å². The molecule has 0 radical (unpaired) electrons. The molecule has 0 aromatic heterocycles. The van der Waals surface area contributed by atoms with Crippen LogP contribution in [0.4, 0.5) is 13.2 Å². The number of methoxy groups -OCH3 is 1. The third kappa shape index (κ3) is 4.04. The molecule has 2 aliphatic rings. The van der Waals surface area contributed by atoms with Gasteiger partial charge in [0.2, 0.25) is 5.60 Å². The second-order valence-electron chi connectivity index (χ2n) is 8.33. The highest BCUT2D eigenvalue weighted by Gasteiger charge is 2.57. The number of rotatable bonds is 5. The molecule has 0 spiro atoms. The zero-order valence-electron chi connectivity index (χ0n) is 18.0. The number of alkyl halides is 3. The van der Waals surface area contributed by atoms with Gasteiger partial charge in [-0.05, 0) is 44.0 Å². The number of piperidine rings is 1. The standard InChI is InChI=1S/C24H27F3N2O3/c1-23(24(25,26)27)18-11-16(21(31-2)12-17(18)20(30)14-32-23)13-29-19-9-6-10-28-22(19)15-7-4-3-5-8-15/h3-5,7-8,11-12,14,19,22,28-30H,6,9-10,13H2,1-2H3. The van der Waals surface area contributed by atoms with Crippen LogP contribution < -0.4 is 15.4 Å². The van der Waals surface area contributed by atoms with E-state index in [4.69, 9.17) is 9.47 Å². The minimum absolute atomic E-state index is 0.0539. The van der Waals surface area contributed by atoms with Gasteiger partial charge in [-0.3, -0.25) is 0 Å². The van der Waals surface area contributed by atoms with Crippen molar-refractivity contribution in [3.8, 4) is 5.75 Å². The summed E-state index contributed by atoms with van der Waals surface area (Å²) in [5.41, 5.74) is -0.913. The van der Waals surface area contributed by atoms with E-state index in [1.807, 2.05) is 18.2 Å². The number of hydrogen-bond acceptors (Lipinski definition) is 5. The van der Waals surface area contributed by atoms with E-state index >= 15 is 0 Å². The number of halogens is 3. The minimum atomic E-state index is -4.66. The van der Waals surface area contributed by atoms with Crippen LogP contribution in [0.25, 0.3) is 5.76 Å². The molecule has 3 N–H and O–H groups in total. The smallest absolute Gasteiger partial charge is 0.432 e. The van der Waals surface area contributed by atoms with E-state index in [1.165, 1.54) is 19.2 Å². The predicted molar refractivity (Wildman–Crippen MR) is 115 cm³/mol. The van der Waals surface area contributed by atoms with Gasteiger partial charge in [0.25, 0.3) is 0 Å². The van der Waals surface area contributed by atoms with E-state index in [0.717, 1.165) is 38.1 Å². The van der Waals surface area contributed by atoms with Gasteiger partial charge in [0.05, 0.1) is 7.11 Å². The molecular formula is C24H27F3N2O3. The van der Waals surface area contributed by atoms with Crippen molar-refractivity contribution in [2.24, 2.45) is 0 Å². The van der Waals surface area contributed by atoms with Crippen LogP contribution in [0.1, 0.15) is 48.1 Å². The molecule has 1 fully saturated rings. The fraction of sp³-hybridized carbons (Fsp3) is 0.417. The maximum atomic E-state index is 13.9. The molecule has 0 aliphatic carbocycles. The molecule has 4 rings (SSSR count). The first-order chi connectivity index (χ1) is 15.2. The van der Waals surface area contributed by atoms with E-state index in [-0.39, 0.29) is 29.0 Å². The van der Waals surface area contributed by atoms with Crippen molar-refractivity contribution < 1.29 is 27.8 Å². The summed E-state index contributed by atoms with van der Waals surface area (Å²) in [6.07, 6.45) is -1.98. The van der Waals surface area contributed by atoms with Crippen LogP contribution in [0.3, 0.4) is 0 Å². The molecule has 0 amide bonds. The van der Waals surface area contributed by atoms with Crippen molar-refractivity contribution in [1.29, 1.82) is 0 Å². The summed E-state index contributed by atoms with van der Waals surface area (Å²) in [6, 6.07) is 13.2. The van der Waals surface area contributed by atoms with Crippen molar-refractivity contribution in [1.82, 2.24) is 10.6 Å². The second kappa shape index (κ2) is 8.67. The monoisotopic (exact) mass is 448 g/mol. The van der Waals surface area contributed by atoms with E-state index in [2.05, 4.69) is 22.8 Å². The molecule has 172 valence electrons. The van der Waals surface area contributed by atoms with Crippen molar-refractivity contribution in [2.75, 3.05) is 13.7 Å². The van der Waals surface area contributed by atoms with Crippen molar-refractivity contribution in [3.63, 3.8) is 0 Å². The maximum Gasteiger partial charge on any atom is 0.432 e. The Balaban J connectivity index is 1.64. The van der Waals surface area contributed by atoms with Crippen molar-refractivity contribution in [2.45, 2.75) is 50.2 Å². The topological polar surface area (TPSA) is 62.8 Å². The summed E-state index contributed by atoms with van der Waals surface area (Å²) in [7, 11) is 1.46. The molecule has 3 atom stereocenters. The fourth-order valence-electron chi connectivity index (χ4n) is 4.44. The molecule has 3 unspecified atom stereocenters. The molecular weight excluding hydrogens is 421 g/mol. The summed E-state index contributed by atoms with van der Waals surface area (Å²) >= 11 is 0. The van der Waals surface area contributed by atoms with Crippen LogP contribution in [-0.4, -0.2) is 31.0 Å². The zero-order valence-corrected chi connectivity index (χ0v) is 18.0. The Morgan fingerprint density at radius 3 is 2.69 bits per heavy atom. The molecule has 2 aliphatic heterocycles. The number of fused-ring (bicyclic) bond motifs is 1. The minimum Gasteiger partial charge on any atom is -0.504 e. The third-order valence-corrected chi connectivity index (χ3v) is 6.33. The van der Waals surface area contributed by atoms with E-state index in [1.54, 1.807) is 0 Å². The van der Waals surface area contributed by atoms with Crippen LogP contribution in [0.2, 0.25) is 0 Å². The van der Waals surface area contributed by atoms with Crippen LogP contribution in [0.5, 0.6) is 5.75 Å². The molecule has 2 aromatic rings. The van der Waals surface area contributed by atoms with Crippen LogP contribution >= 0.6 is 0 Å². The molecule has 5 nitrogen and oxygen atoms in total. The summed E-state index contributed by atoms with van der Waals surface area (Å²) in [5.74, 6) is 0.0443. The Labute approximate surface area is 185 Å². The largest absolute Gasteiger partial charge is 0.504 e. The lowest BCUT2D eigenvalue weighted by Gasteiger charge is -2.37. The van der Waals surface area contributed by atoms with Crippen molar-refractivity contribution >= 4 is 5.76 Å². The number of benzene rings is 2. The number of aliphatic hydroxyl groups is 1. The number of hydrogen-bond donors (Lipinski definition) is 3. The Morgan fingerprint density at radius 1 is 1.25 bits per heavy atom. The molecule has 1 saturated heterocycles. The van der Waals surface area contributed by atoms with E-state index < -0.39 is 11.8 Å². The first-order valence-corrected chi connectivity index (χ1v) is 10.6. The fourth-order valence-corrected chi connectivity index (χ4v) is 4.44. The predicted octanol–water partition coefficient (Wildman–Crippen LogP) is 4.94. The lowest BCUT2D eigenvalue weighted by Crippen LogP contribution is -2.46. The van der Waals surface area contributed by atoms with Gasteiger partial charge in [-0.2, -0.15) is 13.2 Å². The number of aliphatic hydroxyl groups excluding tert-OH is 1. The van der Waals surface area contributed by atoms with Gasteiger partial charge in [-0.15, -0.1) is 0 Å². The quantitative estimate of drug-likeness (QED) is 0.605. The van der Waals surface area contributed by atoms with Crippen LogP contribution in [0.15, 0.2) is 48.7 Å². The highest BCUT2D eigenvalue weighted by Crippen LogP contribution is 2.48. The molecule has 0 saturated carbocycles. The van der Waals surface area contributed by atoms with Gasteiger partial charge in [0, 0.05) is 35.3 Å². The van der Waals surface area contributed by atoms with Gasteiger partial charge >= 0.3 is 6.18 Å². The van der Waals surface area contributed by atoms with E-state index in [0.29, 0.717) is 17.9 Å². The van der Waals surface area contributed by atoms with Gasteiger partial charge in [-0.1, -0.05) is 30.3 Å². The first-order valence-electron chi connectivity index (χ1n) is 10.6. The molecule has 0 bridgehead atoms. The molecule has 32 heavy (non-hydrogen) atoms. The second-order valence-corrected chi connectivity index (χ2v) is 8.33. The Morgan fingerprint density at radius 2 is 2.00 bits per heavy atom. The summed E-state index contributed by atoms with van der Waals surface area (Å²) in [6.45, 7) is 2.19. The van der Waals surface area contributed by atoms with Crippen molar-refractivity contribution in [3.05, 3.63) is 71.0 Å². The van der Waals surface area contributed by atoms with Gasteiger partial charge in [0.1, 0.15) is 12.0 Å². The average molecular weight is 448 g/mol. The summed E-state index contributed by atoms with van der Waals surface area (Å²) < 4.78 is 52.0. The number of nitrogens with one attached hydrogen (secondary N) is 2. The SMILES string of the molecule is COc1cc2c(cc1CNC1CCCNC1c1ccccc1)C(C)(C(F)(F)F)OC=C2O. The Kier molecular flexibility index (Phi) is 6.09. The highest BCUT2D eigenvalue weighted by atomic mass is 19.4. The summed E-state index contributed by atoms with van der Waals surface area (Å²) in [4.78, 5) is 0. The normalized spacial score (nSPS) is 25.5. The Hall–Kier alpha value is -2.71. The summed E-state index contributed by atoms with van der Waals surface area (Å²) in [5, 5.41) is 17.2. The maximum absolute atomic E-state index is 13.9. The molecule has 2 heterocycles. The van der Waals surface area contributed by atoms with E-state index in [9.17, 15) is 18.3 Å². The first kappa shape index (κ1) is 22.5. The lowest BCUT2D eigenvalue weighted by molar-refractivity contribution is -0.262. The third-order valence-electron chi connectivity index (χ3n) is 6.33. The molecule has 8 heteroatoms. The highest BCUT2D eigenvalue weighted by molar-refractivity contribution is 5.67. The van der Waals surface area contributed by atoms with Crippen LogP contribution in [0, 0.1) is 0 Å². The van der Waals surface area contributed by atoms with Gasteiger partial charge in [-0.25, -0.2) is 0 Å². The number of ether oxygens (including phenoxy) is 2. The van der Waals surface area contributed by atoms with Crippen LogP contribution in [-0.2, 0) is 16.9 Å². The molecule has 2 aromatic carbocycles. The lowest BCUT2D eigenvalue weighted by atomic mass is 9.86. The average Bonchev–Trinajstić information content (AvgIpc) is 2.80.